The highest BCUT2D eigenvalue weighted by molar-refractivity contribution is 6.44. The molecule has 2 nitrogen and oxygen atoms in total. The fourth-order valence-corrected chi connectivity index (χ4v) is 4.41. The van der Waals surface area contributed by atoms with E-state index in [-0.39, 0.29) is 5.82 Å². The van der Waals surface area contributed by atoms with Crippen molar-refractivity contribution in [1.29, 1.82) is 0 Å². The zero-order valence-electron chi connectivity index (χ0n) is 14.2. The third kappa shape index (κ3) is 9.33. The molecule has 22 heavy (non-hydrogen) atoms. The van der Waals surface area contributed by atoms with E-state index >= 15 is 0 Å². The second-order valence-corrected chi connectivity index (χ2v) is 7.85. The summed E-state index contributed by atoms with van der Waals surface area (Å²) < 4.78 is 24.5. The summed E-state index contributed by atoms with van der Waals surface area (Å²) in [5.74, 6) is -0.154. The number of aryl methyl sites for hydroxylation is 1. The molecule has 0 atom stereocenters. The van der Waals surface area contributed by atoms with Crippen molar-refractivity contribution in [3.05, 3.63) is 35.6 Å². The summed E-state index contributed by atoms with van der Waals surface area (Å²) in [7, 11) is -1.43. The van der Waals surface area contributed by atoms with Crippen molar-refractivity contribution in [2.24, 2.45) is 0 Å². The van der Waals surface area contributed by atoms with Crippen molar-refractivity contribution in [3.8, 4) is 0 Å². The Hall–Kier alpha value is -0.713. The first kappa shape index (κ1) is 19.3. The lowest BCUT2D eigenvalue weighted by Crippen LogP contribution is -2.23. The lowest BCUT2D eigenvalue weighted by atomic mass is 10.1. The predicted octanol–water partition coefficient (Wildman–Crippen LogP) is 5.00. The lowest BCUT2D eigenvalue weighted by Gasteiger charge is -2.16. The number of halogens is 1. The zero-order valence-corrected chi connectivity index (χ0v) is 15.3. The molecule has 1 rings (SSSR count). The Morgan fingerprint density at radius 3 is 2.05 bits per heavy atom. The molecule has 0 bridgehead atoms. The summed E-state index contributed by atoms with van der Waals surface area (Å²) in [5, 5.41) is 0. The van der Waals surface area contributed by atoms with Gasteiger partial charge >= 0.3 is 9.28 Å². The Morgan fingerprint density at radius 1 is 0.864 bits per heavy atom. The second kappa shape index (κ2) is 12.8. The van der Waals surface area contributed by atoms with Crippen LogP contribution >= 0.6 is 0 Å². The first-order chi connectivity index (χ1) is 10.8. The Balaban J connectivity index is 2.07. The number of unbranched alkanes of at least 4 members (excludes halogenated alkanes) is 3. The molecule has 0 fully saturated rings. The van der Waals surface area contributed by atoms with E-state index in [2.05, 4.69) is 13.8 Å². The van der Waals surface area contributed by atoms with E-state index in [1.54, 1.807) is 12.1 Å². The number of hydrogen-bond donors (Lipinski definition) is 0. The van der Waals surface area contributed by atoms with Crippen molar-refractivity contribution >= 4 is 9.28 Å². The van der Waals surface area contributed by atoms with Crippen LogP contribution in [0.1, 0.15) is 57.9 Å². The van der Waals surface area contributed by atoms with E-state index in [1.165, 1.54) is 31.2 Å². The molecular formula is C18H31FO2Si. The van der Waals surface area contributed by atoms with Crippen molar-refractivity contribution in [1.82, 2.24) is 0 Å². The molecular weight excluding hydrogens is 295 g/mol. The van der Waals surface area contributed by atoms with Crippen molar-refractivity contribution in [2.45, 2.75) is 64.8 Å². The maximum absolute atomic E-state index is 12.8. The van der Waals surface area contributed by atoms with Gasteiger partial charge in [-0.1, -0.05) is 45.2 Å². The molecule has 0 aliphatic carbocycles. The van der Waals surface area contributed by atoms with Gasteiger partial charge in [0.25, 0.3) is 0 Å². The summed E-state index contributed by atoms with van der Waals surface area (Å²) in [4.78, 5) is 0. The maximum atomic E-state index is 12.8. The summed E-state index contributed by atoms with van der Waals surface area (Å²) >= 11 is 0. The van der Waals surface area contributed by atoms with Gasteiger partial charge in [-0.15, -0.1) is 0 Å². The summed E-state index contributed by atoms with van der Waals surface area (Å²) in [5.41, 5.74) is 1.23. The Morgan fingerprint density at radius 2 is 1.45 bits per heavy atom. The minimum Gasteiger partial charge on any atom is -0.397 e. The number of rotatable bonds is 13. The normalized spacial score (nSPS) is 11.3. The molecule has 1 aromatic carbocycles. The summed E-state index contributed by atoms with van der Waals surface area (Å²) in [6, 6.07) is 7.98. The van der Waals surface area contributed by atoms with Crippen molar-refractivity contribution < 1.29 is 13.2 Å². The number of benzene rings is 1. The van der Waals surface area contributed by atoms with Crippen LogP contribution in [0.15, 0.2) is 24.3 Å². The van der Waals surface area contributed by atoms with Crippen LogP contribution in [-0.4, -0.2) is 22.5 Å². The van der Waals surface area contributed by atoms with E-state index < -0.39 is 9.28 Å². The van der Waals surface area contributed by atoms with Crippen LogP contribution in [-0.2, 0) is 15.3 Å². The lowest BCUT2D eigenvalue weighted by molar-refractivity contribution is 0.195. The Labute approximate surface area is 136 Å². The quantitative estimate of drug-likeness (QED) is 0.375. The SMILES string of the molecule is CCCO[SiH](CCCCCCc1ccc(F)cc1)OCCC. The number of hydrogen-bond acceptors (Lipinski definition) is 2. The first-order valence-electron chi connectivity index (χ1n) is 8.74. The van der Waals surface area contributed by atoms with Gasteiger partial charge in [0.1, 0.15) is 5.82 Å². The minimum atomic E-state index is -1.43. The molecule has 0 spiro atoms. The molecule has 0 unspecified atom stereocenters. The van der Waals surface area contributed by atoms with E-state index in [4.69, 9.17) is 8.85 Å². The smallest absolute Gasteiger partial charge is 0.321 e. The predicted molar refractivity (Wildman–Crippen MR) is 93.0 cm³/mol. The van der Waals surface area contributed by atoms with Crippen molar-refractivity contribution in [2.75, 3.05) is 13.2 Å². The van der Waals surface area contributed by atoms with Gasteiger partial charge in [-0.25, -0.2) is 4.39 Å². The third-order valence-corrected chi connectivity index (χ3v) is 5.68. The van der Waals surface area contributed by atoms with E-state index in [9.17, 15) is 4.39 Å². The van der Waals surface area contributed by atoms with Crippen LogP contribution in [0.4, 0.5) is 4.39 Å². The van der Waals surface area contributed by atoms with Gasteiger partial charge in [0.2, 0.25) is 0 Å². The highest BCUT2D eigenvalue weighted by atomic mass is 28.3. The highest BCUT2D eigenvalue weighted by Gasteiger charge is 2.12. The molecule has 0 radical (unpaired) electrons. The molecule has 0 saturated carbocycles. The molecule has 0 N–H and O–H groups in total. The average Bonchev–Trinajstić information content (AvgIpc) is 2.54. The van der Waals surface area contributed by atoms with Gasteiger partial charge in [-0.2, -0.15) is 0 Å². The molecule has 4 heteroatoms. The van der Waals surface area contributed by atoms with Crippen LogP contribution in [0, 0.1) is 5.82 Å². The zero-order chi connectivity index (χ0) is 16.0. The molecule has 0 amide bonds. The topological polar surface area (TPSA) is 18.5 Å². The third-order valence-electron chi connectivity index (χ3n) is 3.58. The molecule has 1 aromatic rings. The standard InChI is InChI=1S/C18H31FO2Si/c1-3-14-20-22(21-15-4-2)16-8-6-5-7-9-17-10-12-18(19)13-11-17/h10-13,22H,3-9,14-16H2,1-2H3. The van der Waals surface area contributed by atoms with Crippen LogP contribution in [0.25, 0.3) is 0 Å². The first-order valence-corrected chi connectivity index (χ1v) is 10.5. The fourth-order valence-electron chi connectivity index (χ4n) is 2.36. The van der Waals surface area contributed by atoms with Crippen LogP contribution in [0.3, 0.4) is 0 Å². The van der Waals surface area contributed by atoms with Crippen LogP contribution in [0.5, 0.6) is 0 Å². The Bertz CT molecular complexity index is 362. The molecule has 0 aliphatic rings. The molecule has 126 valence electrons. The van der Waals surface area contributed by atoms with Gasteiger partial charge in [-0.05, 0) is 49.4 Å². The van der Waals surface area contributed by atoms with E-state index in [1.807, 2.05) is 12.1 Å². The largest absolute Gasteiger partial charge is 0.397 e. The van der Waals surface area contributed by atoms with Gasteiger partial charge in [0, 0.05) is 13.2 Å². The average molecular weight is 327 g/mol. The fraction of sp³-hybridized carbons (Fsp3) is 0.667. The van der Waals surface area contributed by atoms with Crippen LogP contribution < -0.4 is 0 Å². The monoisotopic (exact) mass is 326 g/mol. The van der Waals surface area contributed by atoms with Gasteiger partial charge in [0.15, 0.2) is 0 Å². The van der Waals surface area contributed by atoms with Crippen molar-refractivity contribution in [3.63, 3.8) is 0 Å². The van der Waals surface area contributed by atoms with Gasteiger partial charge in [-0.3, -0.25) is 0 Å². The Kier molecular flexibility index (Phi) is 11.2. The molecule has 0 saturated heterocycles. The van der Waals surface area contributed by atoms with E-state index in [0.717, 1.165) is 38.5 Å². The molecule has 0 heterocycles. The van der Waals surface area contributed by atoms with Gasteiger partial charge < -0.3 is 8.85 Å². The van der Waals surface area contributed by atoms with Crippen LogP contribution in [0.2, 0.25) is 6.04 Å². The highest BCUT2D eigenvalue weighted by Crippen LogP contribution is 2.12. The second-order valence-electron chi connectivity index (χ2n) is 5.75. The summed E-state index contributed by atoms with van der Waals surface area (Å²) in [6.07, 6.45) is 8.00. The molecule has 0 aliphatic heterocycles. The summed E-state index contributed by atoms with van der Waals surface area (Å²) in [6.45, 7) is 5.96. The molecule has 0 aromatic heterocycles. The maximum Gasteiger partial charge on any atom is 0.321 e. The minimum absolute atomic E-state index is 0.154. The van der Waals surface area contributed by atoms with Gasteiger partial charge in [0.05, 0.1) is 0 Å². The van der Waals surface area contributed by atoms with E-state index in [0.29, 0.717) is 0 Å².